The van der Waals surface area contributed by atoms with E-state index in [1.807, 2.05) is 11.8 Å². The molecule has 6 nitrogen and oxygen atoms in total. The van der Waals surface area contributed by atoms with Gasteiger partial charge in [-0.3, -0.25) is 0 Å². The fourth-order valence-corrected chi connectivity index (χ4v) is 5.54. The average molecular weight is 413 g/mol. The number of nitrogens with zero attached hydrogens (tertiary/aromatic N) is 3. The number of rotatable bonds is 3. The highest BCUT2D eigenvalue weighted by atomic mass is 16.5. The highest BCUT2D eigenvalue weighted by Gasteiger charge is 2.41. The van der Waals surface area contributed by atoms with E-state index in [0.29, 0.717) is 6.54 Å². The van der Waals surface area contributed by atoms with Crippen LogP contribution in [0.3, 0.4) is 0 Å². The van der Waals surface area contributed by atoms with Crippen molar-refractivity contribution in [3.05, 3.63) is 23.8 Å². The Hall–Kier alpha value is -1.95. The van der Waals surface area contributed by atoms with E-state index in [9.17, 15) is 4.79 Å². The number of aryl methyl sites for hydroxylation is 1. The van der Waals surface area contributed by atoms with Gasteiger partial charge in [0, 0.05) is 57.5 Å². The molecular weight excluding hydrogens is 376 g/mol. The first kappa shape index (κ1) is 20.0. The first-order valence-corrected chi connectivity index (χ1v) is 12.0. The molecule has 0 aromatic heterocycles. The van der Waals surface area contributed by atoms with Crippen molar-refractivity contribution in [2.45, 2.75) is 63.5 Å². The Balaban J connectivity index is 1.19. The zero-order valence-corrected chi connectivity index (χ0v) is 18.4. The molecule has 2 saturated heterocycles. The fourth-order valence-electron chi connectivity index (χ4n) is 5.54. The molecule has 1 spiro atoms. The molecule has 0 radical (unpaired) electrons. The number of hydrogen-bond donors (Lipinski definition) is 1. The number of benzene rings is 1. The molecule has 6 heteroatoms. The van der Waals surface area contributed by atoms with Crippen LogP contribution in [-0.2, 0) is 6.42 Å². The van der Waals surface area contributed by atoms with E-state index < -0.39 is 0 Å². The Morgan fingerprint density at radius 1 is 1.10 bits per heavy atom. The van der Waals surface area contributed by atoms with Gasteiger partial charge in [-0.05, 0) is 69.2 Å². The summed E-state index contributed by atoms with van der Waals surface area (Å²) in [4.78, 5) is 19.1. The van der Waals surface area contributed by atoms with Crippen LogP contribution in [0.15, 0.2) is 18.2 Å². The quantitative estimate of drug-likeness (QED) is 0.828. The molecule has 2 amide bonds. The molecule has 1 aliphatic carbocycles. The van der Waals surface area contributed by atoms with Gasteiger partial charge in [-0.25, -0.2) is 4.79 Å². The average Bonchev–Trinajstić information content (AvgIpc) is 2.74. The fraction of sp³-hybridized carbons (Fsp3) is 0.708. The highest BCUT2D eigenvalue weighted by molar-refractivity contribution is 5.74. The molecule has 5 rings (SSSR count). The van der Waals surface area contributed by atoms with E-state index in [0.717, 1.165) is 50.8 Å². The summed E-state index contributed by atoms with van der Waals surface area (Å²) in [7, 11) is 0. The molecule has 30 heavy (non-hydrogen) atoms. The molecule has 0 unspecified atom stereocenters. The van der Waals surface area contributed by atoms with Gasteiger partial charge in [0.2, 0.25) is 0 Å². The molecule has 0 atom stereocenters. The van der Waals surface area contributed by atoms with Crippen molar-refractivity contribution < 1.29 is 9.53 Å². The van der Waals surface area contributed by atoms with E-state index in [-0.39, 0.29) is 11.6 Å². The van der Waals surface area contributed by atoms with Crippen molar-refractivity contribution in [1.82, 2.24) is 15.1 Å². The normalized spacial score (nSPS) is 24.2. The minimum Gasteiger partial charge on any atom is -0.487 e. The van der Waals surface area contributed by atoms with Crippen molar-refractivity contribution in [2.75, 3.05) is 50.7 Å². The summed E-state index contributed by atoms with van der Waals surface area (Å²) in [6.45, 7) is 8.38. The number of urea groups is 1. The first-order chi connectivity index (χ1) is 14.7. The molecule has 4 aliphatic rings. The SMILES string of the molecule is CCNC(=O)N1CCN(c2ccc3c(c2)CCC2(CCN(C4CCC4)CC2)O3)CC1. The number of hydrogen-bond acceptors (Lipinski definition) is 4. The number of likely N-dealkylation sites (tertiary alicyclic amines) is 1. The number of piperidine rings is 1. The maximum Gasteiger partial charge on any atom is 0.317 e. The van der Waals surface area contributed by atoms with Crippen LogP contribution in [0, 0.1) is 0 Å². The van der Waals surface area contributed by atoms with Gasteiger partial charge in [0.05, 0.1) is 0 Å². The zero-order chi connectivity index (χ0) is 20.6. The number of fused-ring (bicyclic) bond motifs is 1. The summed E-state index contributed by atoms with van der Waals surface area (Å²) in [6, 6.07) is 7.65. The van der Waals surface area contributed by atoms with Crippen LogP contribution in [0.4, 0.5) is 10.5 Å². The Kier molecular flexibility index (Phi) is 5.52. The first-order valence-electron chi connectivity index (χ1n) is 12.0. The molecule has 3 aliphatic heterocycles. The third-order valence-electron chi connectivity index (χ3n) is 7.78. The summed E-state index contributed by atoms with van der Waals surface area (Å²) < 4.78 is 6.65. The van der Waals surface area contributed by atoms with Gasteiger partial charge in [0.1, 0.15) is 11.4 Å². The summed E-state index contributed by atoms with van der Waals surface area (Å²) in [5, 5.41) is 2.90. The molecular formula is C24H36N4O2. The van der Waals surface area contributed by atoms with Crippen LogP contribution in [0.25, 0.3) is 0 Å². The number of piperazine rings is 1. The van der Waals surface area contributed by atoms with Crippen molar-refractivity contribution >= 4 is 11.7 Å². The summed E-state index contributed by atoms with van der Waals surface area (Å²) in [5.41, 5.74) is 2.68. The maximum atomic E-state index is 12.0. The van der Waals surface area contributed by atoms with Gasteiger partial charge in [-0.1, -0.05) is 6.42 Å². The molecule has 0 bridgehead atoms. The van der Waals surface area contributed by atoms with Gasteiger partial charge in [-0.15, -0.1) is 0 Å². The molecule has 3 heterocycles. The molecule has 3 fully saturated rings. The van der Waals surface area contributed by atoms with Crippen LogP contribution in [0.2, 0.25) is 0 Å². The number of amides is 2. The van der Waals surface area contributed by atoms with Gasteiger partial charge in [-0.2, -0.15) is 0 Å². The minimum atomic E-state index is 0.0599. The van der Waals surface area contributed by atoms with Crippen molar-refractivity contribution in [1.29, 1.82) is 0 Å². The van der Waals surface area contributed by atoms with Crippen LogP contribution >= 0.6 is 0 Å². The van der Waals surface area contributed by atoms with Gasteiger partial charge in [0.25, 0.3) is 0 Å². The van der Waals surface area contributed by atoms with Gasteiger partial charge >= 0.3 is 6.03 Å². The lowest BCUT2D eigenvalue weighted by Crippen LogP contribution is -2.53. The standard InChI is InChI=1S/C24H36N4O2/c1-2-25-23(29)28-16-14-27(15-17-28)21-6-7-22-19(18-21)8-9-24(30-22)10-12-26(13-11-24)20-4-3-5-20/h6-7,18,20H,2-5,8-17H2,1H3,(H,25,29). The summed E-state index contributed by atoms with van der Waals surface area (Å²) in [6.07, 6.45) is 8.82. The summed E-state index contributed by atoms with van der Waals surface area (Å²) in [5.74, 6) is 1.10. The Labute approximate surface area is 180 Å². The van der Waals surface area contributed by atoms with Crippen LogP contribution < -0.4 is 15.0 Å². The van der Waals surface area contributed by atoms with Crippen molar-refractivity contribution in [2.24, 2.45) is 0 Å². The Bertz CT molecular complexity index is 762. The lowest BCUT2D eigenvalue weighted by molar-refractivity contribution is -0.0336. The van der Waals surface area contributed by atoms with Crippen LogP contribution in [0.5, 0.6) is 5.75 Å². The van der Waals surface area contributed by atoms with E-state index in [2.05, 4.69) is 33.3 Å². The monoisotopic (exact) mass is 412 g/mol. The zero-order valence-electron chi connectivity index (χ0n) is 18.4. The summed E-state index contributed by atoms with van der Waals surface area (Å²) >= 11 is 0. The molecule has 1 N–H and O–H groups in total. The lowest BCUT2D eigenvalue weighted by Gasteiger charge is -2.48. The second-order valence-corrected chi connectivity index (χ2v) is 9.51. The topological polar surface area (TPSA) is 48.1 Å². The number of nitrogens with one attached hydrogen (secondary N) is 1. The van der Waals surface area contributed by atoms with Gasteiger partial charge in [0.15, 0.2) is 0 Å². The van der Waals surface area contributed by atoms with E-state index >= 15 is 0 Å². The predicted molar refractivity (Wildman–Crippen MR) is 119 cm³/mol. The number of carbonyl (C=O) groups excluding carboxylic acids is 1. The second kappa shape index (κ2) is 8.29. The third kappa shape index (κ3) is 3.86. The second-order valence-electron chi connectivity index (χ2n) is 9.51. The van der Waals surface area contributed by atoms with E-state index in [1.165, 1.54) is 56.4 Å². The van der Waals surface area contributed by atoms with E-state index in [1.54, 1.807) is 0 Å². The Morgan fingerprint density at radius 2 is 1.87 bits per heavy atom. The maximum absolute atomic E-state index is 12.0. The minimum absolute atomic E-state index is 0.0599. The highest BCUT2D eigenvalue weighted by Crippen LogP contribution is 2.42. The van der Waals surface area contributed by atoms with Gasteiger partial charge < -0.3 is 24.8 Å². The molecule has 1 aromatic rings. The largest absolute Gasteiger partial charge is 0.487 e. The molecule has 164 valence electrons. The number of anilines is 1. The van der Waals surface area contributed by atoms with Crippen LogP contribution in [0.1, 0.15) is 51.0 Å². The lowest BCUT2D eigenvalue weighted by atomic mass is 9.81. The van der Waals surface area contributed by atoms with E-state index in [4.69, 9.17) is 4.74 Å². The number of ether oxygens (including phenoxy) is 1. The van der Waals surface area contributed by atoms with Crippen molar-refractivity contribution in [3.8, 4) is 5.75 Å². The molecule has 1 saturated carbocycles. The van der Waals surface area contributed by atoms with Crippen LogP contribution in [-0.4, -0.2) is 73.3 Å². The van der Waals surface area contributed by atoms with Crippen molar-refractivity contribution in [3.63, 3.8) is 0 Å². The number of carbonyl (C=O) groups is 1. The third-order valence-corrected chi connectivity index (χ3v) is 7.78. The Morgan fingerprint density at radius 3 is 2.53 bits per heavy atom. The predicted octanol–water partition coefficient (Wildman–Crippen LogP) is 3.25. The molecule has 1 aromatic carbocycles. The smallest absolute Gasteiger partial charge is 0.317 e.